The molecule has 3 N–H and O–H groups in total. The zero-order valence-electron chi connectivity index (χ0n) is 17.8. The Kier molecular flexibility index (Phi) is 7.46. The minimum Gasteiger partial charge on any atom is -0.497 e. The number of amides is 2. The highest BCUT2D eigenvalue weighted by molar-refractivity contribution is 5.92. The maximum atomic E-state index is 12.3. The second kappa shape index (κ2) is 10.3. The van der Waals surface area contributed by atoms with Crippen molar-refractivity contribution in [3.8, 4) is 5.75 Å². The molecule has 2 unspecified atom stereocenters. The number of methoxy groups -OCH3 is 1. The van der Waals surface area contributed by atoms with Gasteiger partial charge in [0.1, 0.15) is 5.75 Å². The molecule has 160 valence electrons. The molecule has 2 aromatic carbocycles. The van der Waals surface area contributed by atoms with Crippen molar-refractivity contribution in [3.63, 3.8) is 0 Å². The second-order valence-corrected chi connectivity index (χ2v) is 7.93. The maximum absolute atomic E-state index is 12.3. The molecule has 0 radical (unpaired) electrons. The first-order valence-corrected chi connectivity index (χ1v) is 10.5. The molecule has 30 heavy (non-hydrogen) atoms. The Labute approximate surface area is 178 Å². The van der Waals surface area contributed by atoms with Crippen molar-refractivity contribution in [2.24, 2.45) is 5.73 Å². The first kappa shape index (κ1) is 21.8. The highest BCUT2D eigenvalue weighted by atomic mass is 16.5. The van der Waals surface area contributed by atoms with E-state index in [4.69, 9.17) is 10.5 Å². The maximum Gasteiger partial charge on any atom is 0.228 e. The molecule has 0 aromatic heterocycles. The van der Waals surface area contributed by atoms with Gasteiger partial charge in [0.25, 0.3) is 0 Å². The Bertz CT molecular complexity index is 849. The number of hydrogen-bond acceptors (Lipinski definition) is 4. The van der Waals surface area contributed by atoms with Crippen LogP contribution in [0.2, 0.25) is 0 Å². The van der Waals surface area contributed by atoms with E-state index in [-0.39, 0.29) is 23.9 Å². The van der Waals surface area contributed by atoms with Gasteiger partial charge in [-0.1, -0.05) is 37.1 Å². The van der Waals surface area contributed by atoms with Gasteiger partial charge in [0.15, 0.2) is 0 Å². The molecule has 1 fully saturated rings. The minimum absolute atomic E-state index is 0.0409. The van der Waals surface area contributed by atoms with Crippen molar-refractivity contribution in [1.82, 2.24) is 4.90 Å². The van der Waals surface area contributed by atoms with Crippen LogP contribution in [0.15, 0.2) is 48.5 Å². The SMILES string of the molecule is COc1ccc(CC(=O)Nc2ccc(CN(C(C)=O)C3CCCCC3N)cc2)cc1. The molecule has 2 atom stereocenters. The van der Waals surface area contributed by atoms with Gasteiger partial charge in [-0.25, -0.2) is 0 Å². The van der Waals surface area contributed by atoms with Crippen LogP contribution in [0.25, 0.3) is 0 Å². The number of ether oxygens (including phenoxy) is 1. The third-order valence-electron chi connectivity index (χ3n) is 5.70. The van der Waals surface area contributed by atoms with Crippen molar-refractivity contribution in [2.75, 3.05) is 12.4 Å². The molecule has 2 aromatic rings. The fourth-order valence-electron chi connectivity index (χ4n) is 4.01. The zero-order chi connectivity index (χ0) is 21.5. The van der Waals surface area contributed by atoms with Gasteiger partial charge in [-0.3, -0.25) is 9.59 Å². The molecule has 6 nitrogen and oxygen atoms in total. The van der Waals surface area contributed by atoms with Gasteiger partial charge in [0.2, 0.25) is 11.8 Å². The number of carbonyl (C=O) groups is 2. The molecule has 2 amide bonds. The molecule has 1 aliphatic rings. The lowest BCUT2D eigenvalue weighted by molar-refractivity contribution is -0.133. The van der Waals surface area contributed by atoms with Gasteiger partial charge in [0, 0.05) is 31.2 Å². The van der Waals surface area contributed by atoms with Crippen LogP contribution in [-0.4, -0.2) is 35.9 Å². The summed E-state index contributed by atoms with van der Waals surface area (Å²) in [5.74, 6) is 0.740. The molecule has 1 aliphatic carbocycles. The van der Waals surface area contributed by atoms with Crippen molar-refractivity contribution < 1.29 is 14.3 Å². The fraction of sp³-hybridized carbons (Fsp3) is 0.417. The smallest absolute Gasteiger partial charge is 0.228 e. The Hall–Kier alpha value is -2.86. The van der Waals surface area contributed by atoms with Gasteiger partial charge in [-0.05, 0) is 48.2 Å². The number of carbonyl (C=O) groups excluding carboxylic acids is 2. The Morgan fingerprint density at radius 2 is 1.67 bits per heavy atom. The van der Waals surface area contributed by atoms with E-state index in [0.29, 0.717) is 13.0 Å². The molecule has 6 heteroatoms. The average molecular weight is 410 g/mol. The molecule has 0 saturated heterocycles. The van der Waals surface area contributed by atoms with Gasteiger partial charge in [-0.15, -0.1) is 0 Å². The van der Waals surface area contributed by atoms with Crippen molar-refractivity contribution >= 4 is 17.5 Å². The van der Waals surface area contributed by atoms with E-state index < -0.39 is 0 Å². The van der Waals surface area contributed by atoms with Crippen LogP contribution in [0.1, 0.15) is 43.7 Å². The lowest BCUT2D eigenvalue weighted by Crippen LogP contribution is -2.50. The third kappa shape index (κ3) is 5.83. The first-order valence-electron chi connectivity index (χ1n) is 10.5. The highest BCUT2D eigenvalue weighted by Crippen LogP contribution is 2.24. The Morgan fingerprint density at radius 3 is 2.27 bits per heavy atom. The first-order chi connectivity index (χ1) is 14.5. The van der Waals surface area contributed by atoms with Crippen molar-refractivity contribution in [3.05, 3.63) is 59.7 Å². The molecule has 0 bridgehead atoms. The topological polar surface area (TPSA) is 84.7 Å². The van der Waals surface area contributed by atoms with E-state index in [0.717, 1.165) is 48.2 Å². The normalized spacial score (nSPS) is 18.5. The summed E-state index contributed by atoms with van der Waals surface area (Å²) in [5.41, 5.74) is 8.96. The lowest BCUT2D eigenvalue weighted by atomic mass is 9.89. The summed E-state index contributed by atoms with van der Waals surface area (Å²) in [6.07, 6.45) is 4.47. The molecule has 0 heterocycles. The average Bonchev–Trinajstić information content (AvgIpc) is 2.74. The Morgan fingerprint density at radius 1 is 1.03 bits per heavy atom. The van der Waals surface area contributed by atoms with E-state index >= 15 is 0 Å². The monoisotopic (exact) mass is 409 g/mol. The number of anilines is 1. The van der Waals surface area contributed by atoms with Crippen molar-refractivity contribution in [2.45, 2.75) is 57.7 Å². The van der Waals surface area contributed by atoms with E-state index in [1.807, 2.05) is 53.4 Å². The fourth-order valence-corrected chi connectivity index (χ4v) is 4.01. The van der Waals surface area contributed by atoms with E-state index in [1.54, 1.807) is 14.0 Å². The standard InChI is InChI=1S/C24H31N3O3/c1-17(28)27(23-6-4-3-5-22(23)25)16-19-7-11-20(12-8-19)26-24(29)15-18-9-13-21(30-2)14-10-18/h7-14,22-23H,3-6,15-16,25H2,1-2H3,(H,26,29). The number of nitrogens with zero attached hydrogens (tertiary/aromatic N) is 1. The van der Waals surface area contributed by atoms with Crippen LogP contribution in [0, 0.1) is 0 Å². The predicted octanol–water partition coefficient (Wildman–Crippen LogP) is 3.49. The summed E-state index contributed by atoms with van der Waals surface area (Å²) in [6, 6.07) is 15.2. The molecular formula is C24H31N3O3. The van der Waals surface area contributed by atoms with Crippen LogP contribution in [0.5, 0.6) is 5.75 Å². The molecule has 0 spiro atoms. The van der Waals surface area contributed by atoms with Gasteiger partial charge >= 0.3 is 0 Å². The summed E-state index contributed by atoms with van der Waals surface area (Å²) < 4.78 is 5.14. The van der Waals surface area contributed by atoms with Crippen LogP contribution >= 0.6 is 0 Å². The summed E-state index contributed by atoms with van der Waals surface area (Å²) >= 11 is 0. The highest BCUT2D eigenvalue weighted by Gasteiger charge is 2.29. The number of hydrogen-bond donors (Lipinski definition) is 2. The number of nitrogens with one attached hydrogen (secondary N) is 1. The predicted molar refractivity (Wildman–Crippen MR) is 118 cm³/mol. The molecule has 1 saturated carbocycles. The van der Waals surface area contributed by atoms with Crippen molar-refractivity contribution in [1.29, 1.82) is 0 Å². The molecule has 0 aliphatic heterocycles. The zero-order valence-corrected chi connectivity index (χ0v) is 17.8. The van der Waals surface area contributed by atoms with Crippen LogP contribution in [-0.2, 0) is 22.6 Å². The van der Waals surface area contributed by atoms with Crippen LogP contribution in [0.3, 0.4) is 0 Å². The summed E-state index contributed by atoms with van der Waals surface area (Å²) in [4.78, 5) is 26.4. The number of benzene rings is 2. The van der Waals surface area contributed by atoms with Gasteiger partial charge in [-0.2, -0.15) is 0 Å². The summed E-state index contributed by atoms with van der Waals surface area (Å²) in [7, 11) is 1.62. The lowest BCUT2D eigenvalue weighted by Gasteiger charge is -2.38. The third-order valence-corrected chi connectivity index (χ3v) is 5.70. The summed E-state index contributed by atoms with van der Waals surface area (Å²) in [6.45, 7) is 2.14. The van der Waals surface area contributed by atoms with E-state index in [2.05, 4.69) is 5.32 Å². The quantitative estimate of drug-likeness (QED) is 0.733. The van der Waals surface area contributed by atoms with E-state index in [9.17, 15) is 9.59 Å². The van der Waals surface area contributed by atoms with Gasteiger partial charge in [0.05, 0.1) is 13.5 Å². The minimum atomic E-state index is -0.0774. The number of nitrogens with two attached hydrogens (primary N) is 1. The summed E-state index contributed by atoms with van der Waals surface area (Å²) in [5, 5.41) is 2.92. The van der Waals surface area contributed by atoms with E-state index in [1.165, 1.54) is 0 Å². The second-order valence-electron chi connectivity index (χ2n) is 7.93. The molecule has 3 rings (SSSR count). The van der Waals surface area contributed by atoms with Crippen LogP contribution < -0.4 is 15.8 Å². The Balaban J connectivity index is 1.57. The van der Waals surface area contributed by atoms with Crippen LogP contribution in [0.4, 0.5) is 5.69 Å². The number of rotatable bonds is 7. The van der Waals surface area contributed by atoms with Gasteiger partial charge < -0.3 is 20.7 Å². The largest absolute Gasteiger partial charge is 0.497 e. The molecular weight excluding hydrogens is 378 g/mol.